The summed E-state index contributed by atoms with van der Waals surface area (Å²) in [6, 6.07) is 0. The summed E-state index contributed by atoms with van der Waals surface area (Å²) in [7, 11) is 0. The van der Waals surface area contributed by atoms with Crippen LogP contribution in [0.3, 0.4) is 0 Å². The average Bonchev–Trinajstić information content (AvgIpc) is 3.49. The molecule has 1 amide bonds. The molecule has 1 aromatic rings. The van der Waals surface area contributed by atoms with Crippen LogP contribution in [0.5, 0.6) is 0 Å². The van der Waals surface area contributed by atoms with E-state index in [0.29, 0.717) is 12.5 Å². The fourth-order valence-corrected chi connectivity index (χ4v) is 3.76. The molecule has 3 heterocycles. The summed E-state index contributed by atoms with van der Waals surface area (Å²) in [4.78, 5) is 30.9. The van der Waals surface area contributed by atoms with Gasteiger partial charge in [0.15, 0.2) is 5.82 Å². The van der Waals surface area contributed by atoms with Crippen molar-refractivity contribution in [3.05, 3.63) is 18.2 Å². The lowest BCUT2D eigenvalue weighted by Gasteiger charge is -2.38. The first kappa shape index (κ1) is 23.2. The molecule has 3 fully saturated rings. The highest BCUT2D eigenvalue weighted by Gasteiger charge is 2.44. The molecule has 0 radical (unpaired) electrons. The Labute approximate surface area is 176 Å². The third kappa shape index (κ3) is 6.49. The van der Waals surface area contributed by atoms with Crippen LogP contribution in [0.4, 0.5) is 23.5 Å². The van der Waals surface area contributed by atoms with Crippen LogP contribution in [0.25, 0.3) is 0 Å². The number of hydrogen-bond acceptors (Lipinski definition) is 6. The molecular weight excluding hydrogens is 424 g/mol. The van der Waals surface area contributed by atoms with Gasteiger partial charge in [0.05, 0.1) is 24.1 Å². The maximum Gasteiger partial charge on any atom is 0.490 e. The third-order valence-electron chi connectivity index (χ3n) is 5.48. The number of carbonyl (C=O) groups excluding carboxylic acids is 1. The summed E-state index contributed by atoms with van der Waals surface area (Å²) in [6.45, 7) is 2.14. The van der Waals surface area contributed by atoms with Crippen LogP contribution in [-0.4, -0.2) is 64.5 Å². The molecule has 0 bridgehead atoms. The molecule has 0 aromatic carbocycles. The van der Waals surface area contributed by atoms with Crippen molar-refractivity contribution >= 4 is 17.8 Å². The lowest BCUT2D eigenvalue weighted by Crippen LogP contribution is -2.47. The highest BCUT2D eigenvalue weighted by atomic mass is 19.4. The SMILES string of the molecule is O=C(NC[C@H]1CCC[C@]2(CCN(c3ncc(F)cn3)C2)O1)C1CC1.O=C(O)C(F)(F)F. The number of rotatable bonds is 4. The molecule has 2 N–H and O–H groups in total. The Morgan fingerprint density at radius 3 is 2.45 bits per heavy atom. The number of anilines is 1. The number of carboxylic acids is 1. The van der Waals surface area contributed by atoms with Crippen LogP contribution in [0.2, 0.25) is 0 Å². The molecule has 0 unspecified atom stereocenters. The topological polar surface area (TPSA) is 105 Å². The van der Waals surface area contributed by atoms with Gasteiger partial charge < -0.3 is 20.1 Å². The Balaban J connectivity index is 0.000000339. The van der Waals surface area contributed by atoms with Crippen molar-refractivity contribution in [3.8, 4) is 0 Å². The fraction of sp³-hybridized carbons (Fsp3) is 0.684. The second-order valence-electron chi connectivity index (χ2n) is 8.01. The van der Waals surface area contributed by atoms with Gasteiger partial charge in [0, 0.05) is 25.6 Å². The fourth-order valence-electron chi connectivity index (χ4n) is 3.76. The number of aliphatic carboxylic acids is 1. The van der Waals surface area contributed by atoms with E-state index in [0.717, 1.165) is 51.6 Å². The normalized spacial score (nSPS) is 25.7. The van der Waals surface area contributed by atoms with Gasteiger partial charge in [-0.3, -0.25) is 4.79 Å². The van der Waals surface area contributed by atoms with E-state index >= 15 is 0 Å². The molecule has 8 nitrogen and oxygen atoms in total. The van der Waals surface area contributed by atoms with Gasteiger partial charge in [-0.15, -0.1) is 0 Å². The maximum absolute atomic E-state index is 13.0. The predicted octanol–water partition coefficient (Wildman–Crippen LogP) is 2.29. The molecule has 2 aliphatic heterocycles. The molecule has 1 aliphatic carbocycles. The minimum absolute atomic E-state index is 0.0792. The lowest BCUT2D eigenvalue weighted by molar-refractivity contribution is -0.192. The van der Waals surface area contributed by atoms with E-state index in [9.17, 15) is 22.4 Å². The van der Waals surface area contributed by atoms with Gasteiger partial charge in [0.1, 0.15) is 0 Å². The quantitative estimate of drug-likeness (QED) is 0.681. The number of alkyl halides is 3. The molecule has 4 rings (SSSR count). The van der Waals surface area contributed by atoms with Crippen LogP contribution in [0.15, 0.2) is 12.4 Å². The first-order valence-electron chi connectivity index (χ1n) is 10.1. The van der Waals surface area contributed by atoms with Gasteiger partial charge in [0.2, 0.25) is 11.9 Å². The van der Waals surface area contributed by atoms with E-state index in [1.54, 1.807) is 0 Å². The highest BCUT2D eigenvalue weighted by molar-refractivity contribution is 5.80. The van der Waals surface area contributed by atoms with E-state index in [2.05, 4.69) is 20.2 Å². The zero-order valence-corrected chi connectivity index (χ0v) is 16.7. The van der Waals surface area contributed by atoms with Crippen LogP contribution < -0.4 is 10.2 Å². The molecular formula is C19H24F4N4O4. The first-order valence-corrected chi connectivity index (χ1v) is 10.1. The van der Waals surface area contributed by atoms with Crippen LogP contribution >= 0.6 is 0 Å². The van der Waals surface area contributed by atoms with Crippen molar-refractivity contribution in [2.24, 2.45) is 5.92 Å². The van der Waals surface area contributed by atoms with E-state index in [1.165, 1.54) is 12.4 Å². The number of carboxylic acid groups (broad SMARTS) is 1. The van der Waals surface area contributed by atoms with Gasteiger partial charge in [-0.1, -0.05) is 0 Å². The Morgan fingerprint density at radius 2 is 1.87 bits per heavy atom. The zero-order valence-electron chi connectivity index (χ0n) is 16.7. The summed E-state index contributed by atoms with van der Waals surface area (Å²) < 4.78 is 51.1. The zero-order chi connectivity index (χ0) is 22.6. The van der Waals surface area contributed by atoms with E-state index < -0.39 is 18.0 Å². The Hall–Kier alpha value is -2.50. The molecule has 12 heteroatoms. The largest absolute Gasteiger partial charge is 0.490 e. The highest BCUT2D eigenvalue weighted by Crippen LogP contribution is 2.37. The van der Waals surface area contributed by atoms with E-state index in [-0.39, 0.29) is 23.5 Å². The van der Waals surface area contributed by atoms with Gasteiger partial charge >= 0.3 is 12.1 Å². The summed E-state index contributed by atoms with van der Waals surface area (Å²) in [5, 5.41) is 10.2. The molecule has 2 atom stereocenters. The molecule has 1 spiro atoms. The first-order chi connectivity index (χ1) is 14.6. The number of carbonyl (C=O) groups is 2. The number of amides is 1. The second kappa shape index (κ2) is 9.33. The minimum atomic E-state index is -5.08. The van der Waals surface area contributed by atoms with Gasteiger partial charge in [-0.05, 0) is 38.5 Å². The van der Waals surface area contributed by atoms with Crippen molar-refractivity contribution in [2.75, 3.05) is 24.5 Å². The predicted molar refractivity (Wildman–Crippen MR) is 99.7 cm³/mol. The molecule has 31 heavy (non-hydrogen) atoms. The standard InChI is InChI=1S/C17H23FN4O2.C2HF3O2/c18-13-8-20-16(21-9-13)22-7-6-17(11-22)5-1-2-14(24-17)10-19-15(23)12-3-4-12;3-2(4,5)1(6)7/h8-9,12,14H,1-7,10-11H2,(H,19,23);(H,6,7)/t14-,17-;/m1./s1. The summed E-state index contributed by atoms with van der Waals surface area (Å²) >= 11 is 0. The smallest absolute Gasteiger partial charge is 0.475 e. The van der Waals surface area contributed by atoms with Crippen LogP contribution in [0, 0.1) is 11.7 Å². The number of aromatic nitrogens is 2. The number of nitrogens with one attached hydrogen (secondary N) is 1. The summed E-state index contributed by atoms with van der Waals surface area (Å²) in [5.41, 5.74) is -0.190. The molecule has 3 aliphatic rings. The van der Waals surface area contributed by atoms with Gasteiger partial charge in [-0.25, -0.2) is 19.2 Å². The maximum atomic E-state index is 13.0. The number of halogens is 4. The molecule has 1 aromatic heterocycles. The molecule has 172 valence electrons. The van der Waals surface area contributed by atoms with Crippen molar-refractivity contribution in [3.63, 3.8) is 0 Å². The van der Waals surface area contributed by atoms with Crippen LogP contribution in [-0.2, 0) is 14.3 Å². The van der Waals surface area contributed by atoms with Crippen LogP contribution in [0.1, 0.15) is 38.5 Å². The van der Waals surface area contributed by atoms with Gasteiger partial charge in [0.25, 0.3) is 0 Å². The molecule has 1 saturated carbocycles. The van der Waals surface area contributed by atoms with Crippen molar-refractivity contribution < 1.29 is 37.0 Å². The average molecular weight is 448 g/mol. The summed E-state index contributed by atoms with van der Waals surface area (Å²) in [6.07, 6.45) is 3.45. The molecule has 2 saturated heterocycles. The summed E-state index contributed by atoms with van der Waals surface area (Å²) in [5.74, 6) is -2.22. The Morgan fingerprint density at radius 1 is 1.23 bits per heavy atom. The number of ether oxygens (including phenoxy) is 1. The van der Waals surface area contributed by atoms with Crippen molar-refractivity contribution in [2.45, 2.75) is 56.4 Å². The number of hydrogen-bond donors (Lipinski definition) is 2. The monoisotopic (exact) mass is 448 g/mol. The van der Waals surface area contributed by atoms with Gasteiger partial charge in [-0.2, -0.15) is 13.2 Å². The Bertz CT molecular complexity index is 788. The van der Waals surface area contributed by atoms with E-state index in [4.69, 9.17) is 14.6 Å². The third-order valence-corrected chi connectivity index (χ3v) is 5.48. The van der Waals surface area contributed by atoms with E-state index in [1.807, 2.05) is 0 Å². The lowest BCUT2D eigenvalue weighted by atomic mass is 9.90. The second-order valence-corrected chi connectivity index (χ2v) is 8.01. The minimum Gasteiger partial charge on any atom is -0.475 e. The number of nitrogens with zero attached hydrogens (tertiary/aromatic N) is 3. The van der Waals surface area contributed by atoms with Crippen molar-refractivity contribution in [1.29, 1.82) is 0 Å². The van der Waals surface area contributed by atoms with Crippen molar-refractivity contribution in [1.82, 2.24) is 15.3 Å². The Kier molecular flexibility index (Phi) is 6.97.